The highest BCUT2D eigenvalue weighted by molar-refractivity contribution is 6.35. The standard InChI is InChI=1S/C24H26Cl2N4O2/c1-16-12-23(30-9-3-8-29(2)10-11-30)28-21-6-5-18(14-19(16)21)27-24(31)15-32-22-7-4-17(25)13-20(22)26/h4-7,12-14H,3,8-11,15H2,1-2H3,(H,27,31). The number of halogens is 2. The van der Waals surface area contributed by atoms with Crippen LogP contribution >= 0.6 is 23.2 Å². The van der Waals surface area contributed by atoms with Crippen molar-refractivity contribution in [3.8, 4) is 5.75 Å². The van der Waals surface area contributed by atoms with Crippen molar-refractivity contribution in [2.24, 2.45) is 0 Å². The fraction of sp³-hybridized carbons (Fsp3) is 0.333. The zero-order valence-corrected chi connectivity index (χ0v) is 19.7. The van der Waals surface area contributed by atoms with Gasteiger partial charge >= 0.3 is 0 Å². The molecular weight excluding hydrogens is 447 g/mol. The van der Waals surface area contributed by atoms with Crippen LogP contribution in [0.3, 0.4) is 0 Å². The number of nitrogens with one attached hydrogen (secondary N) is 1. The Kier molecular flexibility index (Phi) is 7.04. The molecule has 8 heteroatoms. The van der Waals surface area contributed by atoms with Crippen LogP contribution in [0.5, 0.6) is 5.75 Å². The predicted octanol–water partition coefficient (Wildman–Crippen LogP) is 5.01. The van der Waals surface area contributed by atoms with E-state index in [4.69, 9.17) is 32.9 Å². The maximum absolute atomic E-state index is 12.4. The van der Waals surface area contributed by atoms with E-state index in [0.29, 0.717) is 21.5 Å². The third kappa shape index (κ3) is 5.44. The number of hydrogen-bond acceptors (Lipinski definition) is 5. The quantitative estimate of drug-likeness (QED) is 0.565. The Bertz CT molecular complexity index is 1140. The summed E-state index contributed by atoms with van der Waals surface area (Å²) in [6, 6.07) is 12.8. The summed E-state index contributed by atoms with van der Waals surface area (Å²) in [6.07, 6.45) is 1.13. The van der Waals surface area contributed by atoms with E-state index in [1.54, 1.807) is 18.2 Å². The largest absolute Gasteiger partial charge is 0.482 e. The molecule has 3 aromatic rings. The molecule has 1 fully saturated rings. The van der Waals surface area contributed by atoms with Crippen LogP contribution in [0.15, 0.2) is 42.5 Å². The van der Waals surface area contributed by atoms with E-state index < -0.39 is 0 Å². The number of anilines is 2. The van der Waals surface area contributed by atoms with Crippen molar-refractivity contribution in [1.29, 1.82) is 0 Å². The van der Waals surface area contributed by atoms with E-state index >= 15 is 0 Å². The molecule has 4 rings (SSSR count). The second-order valence-electron chi connectivity index (χ2n) is 8.08. The number of aryl methyl sites for hydroxylation is 1. The molecule has 2 aromatic carbocycles. The summed E-state index contributed by atoms with van der Waals surface area (Å²) in [5.74, 6) is 1.15. The van der Waals surface area contributed by atoms with E-state index in [1.165, 1.54) is 0 Å². The number of ether oxygens (including phenoxy) is 1. The summed E-state index contributed by atoms with van der Waals surface area (Å²) in [5, 5.41) is 4.77. The summed E-state index contributed by atoms with van der Waals surface area (Å²) in [7, 11) is 2.16. The molecule has 0 atom stereocenters. The highest BCUT2D eigenvalue weighted by Crippen LogP contribution is 2.28. The first-order valence-corrected chi connectivity index (χ1v) is 11.4. The van der Waals surface area contributed by atoms with Crippen LogP contribution in [0, 0.1) is 6.92 Å². The smallest absolute Gasteiger partial charge is 0.262 e. The van der Waals surface area contributed by atoms with Gasteiger partial charge in [-0.1, -0.05) is 23.2 Å². The van der Waals surface area contributed by atoms with Gasteiger partial charge in [0.25, 0.3) is 5.91 Å². The minimum Gasteiger partial charge on any atom is -0.482 e. The van der Waals surface area contributed by atoms with E-state index in [-0.39, 0.29) is 12.5 Å². The van der Waals surface area contributed by atoms with Gasteiger partial charge < -0.3 is 19.9 Å². The van der Waals surface area contributed by atoms with Gasteiger partial charge in [0, 0.05) is 35.7 Å². The maximum atomic E-state index is 12.4. The molecule has 0 bridgehead atoms. The van der Waals surface area contributed by atoms with Gasteiger partial charge in [-0.25, -0.2) is 4.98 Å². The van der Waals surface area contributed by atoms with Crippen LogP contribution in [0.1, 0.15) is 12.0 Å². The van der Waals surface area contributed by atoms with Crippen molar-refractivity contribution in [3.63, 3.8) is 0 Å². The molecule has 1 amide bonds. The zero-order chi connectivity index (χ0) is 22.7. The number of hydrogen-bond donors (Lipinski definition) is 1. The molecule has 1 aliphatic rings. The summed E-state index contributed by atoms with van der Waals surface area (Å²) in [6.45, 7) is 6.05. The number of amides is 1. The molecule has 0 aliphatic carbocycles. The van der Waals surface area contributed by atoms with E-state index in [0.717, 1.165) is 54.9 Å². The van der Waals surface area contributed by atoms with Crippen molar-refractivity contribution in [2.45, 2.75) is 13.3 Å². The average molecular weight is 473 g/mol. The maximum Gasteiger partial charge on any atom is 0.262 e. The number of carbonyl (C=O) groups excluding carboxylic acids is 1. The Labute approximate surface area is 198 Å². The summed E-state index contributed by atoms with van der Waals surface area (Å²) < 4.78 is 5.51. The number of nitrogens with zero attached hydrogens (tertiary/aromatic N) is 3. The summed E-state index contributed by atoms with van der Waals surface area (Å²) in [5.41, 5.74) is 2.74. The summed E-state index contributed by atoms with van der Waals surface area (Å²) in [4.78, 5) is 22.0. The molecule has 32 heavy (non-hydrogen) atoms. The lowest BCUT2D eigenvalue weighted by molar-refractivity contribution is -0.118. The van der Waals surface area contributed by atoms with Crippen LogP contribution < -0.4 is 15.0 Å². The van der Waals surface area contributed by atoms with Gasteiger partial charge in [0.15, 0.2) is 6.61 Å². The van der Waals surface area contributed by atoms with E-state index in [1.807, 2.05) is 18.2 Å². The third-order valence-corrected chi connectivity index (χ3v) is 6.11. The Balaban J connectivity index is 1.45. The second kappa shape index (κ2) is 9.94. The molecule has 6 nitrogen and oxygen atoms in total. The van der Waals surface area contributed by atoms with E-state index in [9.17, 15) is 4.79 Å². The van der Waals surface area contributed by atoms with Gasteiger partial charge in [-0.3, -0.25) is 4.79 Å². The fourth-order valence-electron chi connectivity index (χ4n) is 3.82. The van der Waals surface area contributed by atoms with Gasteiger partial charge in [-0.05, 0) is 75.0 Å². The topological polar surface area (TPSA) is 57.7 Å². The van der Waals surface area contributed by atoms with Crippen LogP contribution in [0.25, 0.3) is 10.9 Å². The van der Waals surface area contributed by atoms with Crippen LogP contribution in [0.2, 0.25) is 10.0 Å². The fourth-order valence-corrected chi connectivity index (χ4v) is 4.29. The van der Waals surface area contributed by atoms with E-state index in [2.05, 4.69) is 35.2 Å². The minimum absolute atomic E-state index is 0.154. The van der Waals surface area contributed by atoms with Crippen molar-refractivity contribution >= 4 is 51.5 Å². The molecule has 0 unspecified atom stereocenters. The number of benzene rings is 2. The van der Waals surface area contributed by atoms with Gasteiger partial charge in [0.1, 0.15) is 11.6 Å². The molecule has 168 valence electrons. The SMILES string of the molecule is Cc1cc(N2CCCN(C)CC2)nc2ccc(NC(=O)COc3ccc(Cl)cc3Cl)cc12. The average Bonchev–Trinajstić information content (AvgIpc) is 2.98. The third-order valence-electron chi connectivity index (χ3n) is 5.58. The van der Waals surface area contributed by atoms with Gasteiger partial charge in [0.05, 0.1) is 10.5 Å². The van der Waals surface area contributed by atoms with Crippen LogP contribution in [-0.2, 0) is 4.79 Å². The van der Waals surface area contributed by atoms with Gasteiger partial charge in [-0.2, -0.15) is 0 Å². The number of carbonyl (C=O) groups is 1. The first kappa shape index (κ1) is 22.6. The van der Waals surface area contributed by atoms with Gasteiger partial charge in [-0.15, -0.1) is 0 Å². The molecule has 1 aromatic heterocycles. The zero-order valence-electron chi connectivity index (χ0n) is 18.2. The molecule has 0 spiro atoms. The van der Waals surface area contributed by atoms with Crippen molar-refractivity contribution < 1.29 is 9.53 Å². The van der Waals surface area contributed by atoms with Gasteiger partial charge in [0.2, 0.25) is 0 Å². The molecule has 0 saturated carbocycles. The molecule has 1 aliphatic heterocycles. The predicted molar refractivity (Wildman–Crippen MR) is 131 cm³/mol. The lowest BCUT2D eigenvalue weighted by Crippen LogP contribution is -2.29. The first-order valence-electron chi connectivity index (χ1n) is 10.6. The normalized spacial score (nSPS) is 14.9. The second-order valence-corrected chi connectivity index (χ2v) is 8.93. The Morgan fingerprint density at radius 1 is 1.09 bits per heavy atom. The number of aromatic nitrogens is 1. The highest BCUT2D eigenvalue weighted by Gasteiger charge is 2.15. The molecule has 0 radical (unpaired) electrons. The first-order chi connectivity index (χ1) is 15.4. The van der Waals surface area contributed by atoms with Crippen molar-refractivity contribution in [2.75, 3.05) is 50.1 Å². The Morgan fingerprint density at radius 3 is 2.75 bits per heavy atom. The number of pyridine rings is 1. The molecule has 1 N–H and O–H groups in total. The Hall–Kier alpha value is -2.54. The number of fused-ring (bicyclic) bond motifs is 1. The minimum atomic E-state index is -0.272. The highest BCUT2D eigenvalue weighted by atomic mass is 35.5. The van der Waals surface area contributed by atoms with Crippen LogP contribution in [0.4, 0.5) is 11.5 Å². The monoisotopic (exact) mass is 472 g/mol. The Morgan fingerprint density at radius 2 is 1.94 bits per heavy atom. The molecule has 2 heterocycles. The molecule has 1 saturated heterocycles. The number of rotatable bonds is 5. The van der Waals surface area contributed by atoms with Crippen molar-refractivity contribution in [1.82, 2.24) is 9.88 Å². The van der Waals surface area contributed by atoms with Crippen LogP contribution in [-0.4, -0.2) is 55.6 Å². The lowest BCUT2D eigenvalue weighted by Gasteiger charge is -2.22. The number of likely N-dealkylation sites (N-methyl/N-ethyl adjacent to an activating group) is 1. The van der Waals surface area contributed by atoms with Crippen molar-refractivity contribution in [3.05, 3.63) is 58.1 Å². The lowest BCUT2D eigenvalue weighted by atomic mass is 10.1. The molecular formula is C24H26Cl2N4O2. The summed E-state index contributed by atoms with van der Waals surface area (Å²) >= 11 is 12.0.